The van der Waals surface area contributed by atoms with Crippen molar-refractivity contribution in [3.05, 3.63) is 24.3 Å². The Balaban J connectivity index is 1.91. The number of allylic oxidation sites excluding steroid dienone is 2. The van der Waals surface area contributed by atoms with E-state index in [1.165, 1.54) is 0 Å². The van der Waals surface area contributed by atoms with Gasteiger partial charge in [-0.3, -0.25) is 4.90 Å². The van der Waals surface area contributed by atoms with E-state index in [0.29, 0.717) is 0 Å². The van der Waals surface area contributed by atoms with E-state index in [1.54, 1.807) is 11.1 Å². The molecule has 130 valence electrons. The Hall–Kier alpha value is -0.855. The van der Waals surface area contributed by atoms with Crippen LogP contribution in [0.15, 0.2) is 24.3 Å². The van der Waals surface area contributed by atoms with Crippen LogP contribution in [0.1, 0.15) is 27.7 Å². The fourth-order valence-electron chi connectivity index (χ4n) is 2.53. The van der Waals surface area contributed by atoms with Crippen molar-refractivity contribution in [3.63, 3.8) is 0 Å². The number of hydrogen-bond donors (Lipinski definition) is 1. The molecule has 0 amide bonds. The van der Waals surface area contributed by atoms with Crippen molar-refractivity contribution in [2.45, 2.75) is 38.9 Å². The summed E-state index contributed by atoms with van der Waals surface area (Å²) in [6.45, 7) is 17.2. The standard InChI is InChI=1S/C16H30BN3O3/c1-6-14(17-22-15(2,3)16(4,5)23-17)13-20(18)8-7-19-9-11-21-12-10-19/h6,13H,1,7-12,18H2,2-5H3. The van der Waals surface area contributed by atoms with Crippen LogP contribution in [-0.2, 0) is 14.0 Å². The molecule has 0 saturated carbocycles. The molecule has 0 atom stereocenters. The summed E-state index contributed by atoms with van der Waals surface area (Å²) in [6.07, 6.45) is 3.60. The summed E-state index contributed by atoms with van der Waals surface area (Å²) >= 11 is 0. The summed E-state index contributed by atoms with van der Waals surface area (Å²) in [7, 11) is -0.438. The zero-order valence-electron chi connectivity index (χ0n) is 14.9. The molecule has 0 aromatic heterocycles. The highest BCUT2D eigenvalue weighted by atomic mass is 16.7. The fourth-order valence-corrected chi connectivity index (χ4v) is 2.53. The third-order valence-corrected chi connectivity index (χ3v) is 4.85. The monoisotopic (exact) mass is 323 g/mol. The zero-order chi connectivity index (χ0) is 17.1. The predicted octanol–water partition coefficient (Wildman–Crippen LogP) is 1.20. The zero-order valence-corrected chi connectivity index (χ0v) is 14.9. The van der Waals surface area contributed by atoms with E-state index in [0.717, 1.165) is 44.9 Å². The van der Waals surface area contributed by atoms with E-state index < -0.39 is 7.12 Å². The third-order valence-electron chi connectivity index (χ3n) is 4.85. The maximum Gasteiger partial charge on any atom is 0.496 e. The van der Waals surface area contributed by atoms with Gasteiger partial charge in [-0.25, -0.2) is 5.84 Å². The van der Waals surface area contributed by atoms with E-state index >= 15 is 0 Å². The van der Waals surface area contributed by atoms with Gasteiger partial charge in [0.25, 0.3) is 0 Å². The van der Waals surface area contributed by atoms with Gasteiger partial charge in [-0.05, 0) is 33.2 Å². The van der Waals surface area contributed by atoms with E-state index in [1.807, 2.05) is 33.9 Å². The topological polar surface area (TPSA) is 60.2 Å². The molecule has 2 N–H and O–H groups in total. The van der Waals surface area contributed by atoms with E-state index in [-0.39, 0.29) is 11.2 Å². The van der Waals surface area contributed by atoms with E-state index in [9.17, 15) is 0 Å². The molecule has 23 heavy (non-hydrogen) atoms. The molecule has 0 unspecified atom stereocenters. The number of rotatable bonds is 6. The Morgan fingerprint density at radius 2 is 1.78 bits per heavy atom. The lowest BCUT2D eigenvalue weighted by Gasteiger charge is -2.32. The Kier molecular flexibility index (Phi) is 5.91. The third kappa shape index (κ3) is 4.58. The lowest BCUT2D eigenvalue weighted by atomic mass is 9.79. The molecule has 0 aromatic carbocycles. The second-order valence-electron chi connectivity index (χ2n) is 7.11. The molecule has 2 aliphatic rings. The number of ether oxygens (including phenoxy) is 1. The molecule has 7 heteroatoms. The molecular weight excluding hydrogens is 293 g/mol. The molecule has 2 rings (SSSR count). The maximum atomic E-state index is 6.11. The SMILES string of the molecule is C=CC(=CN(N)CCN1CCOCC1)B1OC(C)(C)C(C)(C)O1. The molecule has 2 aliphatic heterocycles. The minimum absolute atomic E-state index is 0.368. The lowest BCUT2D eigenvalue weighted by molar-refractivity contribution is 0.00578. The van der Waals surface area contributed by atoms with Gasteiger partial charge in [-0.15, -0.1) is 0 Å². The van der Waals surface area contributed by atoms with Crippen molar-refractivity contribution < 1.29 is 14.0 Å². The number of nitrogens with two attached hydrogens (primary N) is 1. The van der Waals surface area contributed by atoms with Gasteiger partial charge in [0.05, 0.1) is 24.4 Å². The number of hydrogen-bond acceptors (Lipinski definition) is 6. The first kappa shape index (κ1) is 18.5. The Morgan fingerprint density at radius 3 is 2.30 bits per heavy atom. The summed E-state index contributed by atoms with van der Waals surface area (Å²) in [5, 5.41) is 1.68. The second kappa shape index (κ2) is 7.36. The van der Waals surface area contributed by atoms with Crippen LogP contribution in [0.4, 0.5) is 0 Å². The largest absolute Gasteiger partial charge is 0.496 e. The fraction of sp³-hybridized carbons (Fsp3) is 0.750. The molecule has 6 nitrogen and oxygen atoms in total. The van der Waals surface area contributed by atoms with Gasteiger partial charge in [0.1, 0.15) is 0 Å². The highest BCUT2D eigenvalue weighted by Crippen LogP contribution is 2.38. The predicted molar refractivity (Wildman–Crippen MR) is 92.5 cm³/mol. The number of hydrazine groups is 1. The van der Waals surface area contributed by atoms with Crippen LogP contribution in [0.3, 0.4) is 0 Å². The van der Waals surface area contributed by atoms with Crippen molar-refractivity contribution >= 4 is 7.12 Å². The summed E-state index contributed by atoms with van der Waals surface area (Å²) in [4.78, 5) is 2.35. The van der Waals surface area contributed by atoms with Crippen LogP contribution < -0.4 is 5.84 Å². The number of morpholine rings is 1. The minimum atomic E-state index is -0.438. The van der Waals surface area contributed by atoms with Gasteiger partial charge in [-0.2, -0.15) is 0 Å². The van der Waals surface area contributed by atoms with Gasteiger partial charge in [0.2, 0.25) is 0 Å². The van der Waals surface area contributed by atoms with Crippen LogP contribution in [0.2, 0.25) is 0 Å². The first-order valence-electron chi connectivity index (χ1n) is 8.26. The molecule has 0 bridgehead atoms. The lowest BCUT2D eigenvalue weighted by Crippen LogP contribution is -2.42. The quantitative estimate of drug-likeness (QED) is 0.343. The minimum Gasteiger partial charge on any atom is -0.399 e. The summed E-state index contributed by atoms with van der Waals surface area (Å²) in [6, 6.07) is 0. The van der Waals surface area contributed by atoms with Crippen LogP contribution in [0.5, 0.6) is 0 Å². The Bertz CT molecular complexity index is 432. The van der Waals surface area contributed by atoms with Gasteiger partial charge in [0, 0.05) is 32.4 Å². The van der Waals surface area contributed by atoms with Crippen molar-refractivity contribution in [2.24, 2.45) is 5.84 Å². The first-order valence-corrected chi connectivity index (χ1v) is 8.26. The summed E-state index contributed by atoms with van der Waals surface area (Å²) < 4.78 is 17.4. The normalized spacial score (nSPS) is 24.7. The van der Waals surface area contributed by atoms with Crippen molar-refractivity contribution in [3.8, 4) is 0 Å². The van der Waals surface area contributed by atoms with Crippen LogP contribution in [-0.4, -0.2) is 67.6 Å². The average molecular weight is 323 g/mol. The molecule has 0 spiro atoms. The molecule has 2 saturated heterocycles. The van der Waals surface area contributed by atoms with Gasteiger partial charge in [0.15, 0.2) is 0 Å². The van der Waals surface area contributed by atoms with Crippen LogP contribution in [0, 0.1) is 0 Å². The average Bonchev–Trinajstić information content (AvgIpc) is 2.72. The molecule has 2 heterocycles. The molecule has 0 aliphatic carbocycles. The van der Waals surface area contributed by atoms with Gasteiger partial charge < -0.3 is 19.1 Å². The Morgan fingerprint density at radius 1 is 1.22 bits per heavy atom. The highest BCUT2D eigenvalue weighted by molar-refractivity contribution is 6.55. The second-order valence-corrected chi connectivity index (χ2v) is 7.11. The van der Waals surface area contributed by atoms with Crippen molar-refractivity contribution in [1.29, 1.82) is 0 Å². The van der Waals surface area contributed by atoms with Crippen molar-refractivity contribution in [2.75, 3.05) is 39.4 Å². The Labute approximate surface area is 140 Å². The maximum absolute atomic E-state index is 6.11. The number of nitrogens with zero attached hydrogens (tertiary/aromatic N) is 2. The molecule has 0 aromatic rings. The van der Waals surface area contributed by atoms with Gasteiger partial charge >= 0.3 is 7.12 Å². The summed E-state index contributed by atoms with van der Waals surface area (Å²) in [5.41, 5.74) is 0.105. The van der Waals surface area contributed by atoms with Crippen LogP contribution >= 0.6 is 0 Å². The summed E-state index contributed by atoms with van der Waals surface area (Å²) in [5.74, 6) is 6.11. The van der Waals surface area contributed by atoms with E-state index in [2.05, 4.69) is 11.5 Å². The molecular formula is C16H30BN3O3. The van der Waals surface area contributed by atoms with Crippen LogP contribution in [0.25, 0.3) is 0 Å². The highest BCUT2D eigenvalue weighted by Gasteiger charge is 2.52. The molecule has 0 radical (unpaired) electrons. The van der Waals surface area contributed by atoms with Crippen molar-refractivity contribution in [1.82, 2.24) is 9.91 Å². The smallest absolute Gasteiger partial charge is 0.399 e. The molecule has 2 fully saturated rings. The first-order chi connectivity index (χ1) is 10.7. The van der Waals surface area contributed by atoms with Gasteiger partial charge in [-0.1, -0.05) is 12.7 Å². The van der Waals surface area contributed by atoms with E-state index in [4.69, 9.17) is 19.9 Å².